The average Bonchev–Trinajstić information content (AvgIpc) is 2.01. The number of hydrogen-bond donors (Lipinski definition) is 1. The van der Waals surface area contributed by atoms with Crippen molar-refractivity contribution < 1.29 is 8.78 Å². The van der Waals surface area contributed by atoms with E-state index in [0.29, 0.717) is 0 Å². The average molecular weight is 233 g/mol. The van der Waals surface area contributed by atoms with E-state index in [0.717, 1.165) is 6.07 Å². The highest BCUT2D eigenvalue weighted by Gasteiger charge is 2.14. The minimum atomic E-state index is -0.963. The van der Waals surface area contributed by atoms with Crippen molar-refractivity contribution >= 4 is 21.6 Å². The topological polar surface area (TPSA) is 49.8 Å². The molecule has 0 bridgehead atoms. The molecule has 0 amide bonds. The maximum absolute atomic E-state index is 12.9. The first-order valence-corrected chi connectivity index (χ1v) is 3.70. The van der Waals surface area contributed by atoms with Gasteiger partial charge in [0.25, 0.3) is 0 Å². The Morgan fingerprint density at radius 3 is 2.58 bits per heavy atom. The molecule has 0 aromatic heterocycles. The molecule has 0 aliphatic rings. The van der Waals surface area contributed by atoms with Gasteiger partial charge in [0.2, 0.25) is 0 Å². The molecule has 0 aliphatic carbocycles. The van der Waals surface area contributed by atoms with Crippen molar-refractivity contribution in [3.8, 4) is 6.07 Å². The van der Waals surface area contributed by atoms with Crippen molar-refractivity contribution in [1.29, 1.82) is 5.26 Å². The highest BCUT2D eigenvalue weighted by atomic mass is 79.9. The monoisotopic (exact) mass is 232 g/mol. The fourth-order valence-electron chi connectivity index (χ4n) is 0.727. The lowest BCUT2D eigenvalue weighted by Gasteiger charge is -2.01. The van der Waals surface area contributed by atoms with Crippen LogP contribution in [0.2, 0.25) is 0 Å². The minimum Gasteiger partial charge on any atom is -0.397 e. The van der Waals surface area contributed by atoms with Gasteiger partial charge in [0.05, 0.1) is 10.2 Å². The smallest absolute Gasteiger partial charge is 0.160 e. The number of nitriles is 1. The van der Waals surface area contributed by atoms with Crippen molar-refractivity contribution in [2.24, 2.45) is 0 Å². The predicted molar refractivity (Wildman–Crippen MR) is 43.2 cm³/mol. The molecule has 0 spiro atoms. The first-order chi connectivity index (χ1) is 5.57. The third-order valence-corrected chi connectivity index (χ3v) is 2.03. The Morgan fingerprint density at radius 2 is 2.08 bits per heavy atom. The van der Waals surface area contributed by atoms with Crippen molar-refractivity contribution in [2.75, 3.05) is 5.73 Å². The Labute approximate surface area is 75.7 Å². The van der Waals surface area contributed by atoms with Crippen molar-refractivity contribution in [3.05, 3.63) is 27.7 Å². The molecule has 0 unspecified atom stereocenters. The largest absolute Gasteiger partial charge is 0.397 e. The molecule has 0 atom stereocenters. The Kier molecular flexibility index (Phi) is 2.29. The van der Waals surface area contributed by atoms with Gasteiger partial charge in [-0.1, -0.05) is 0 Å². The highest BCUT2D eigenvalue weighted by molar-refractivity contribution is 9.10. The Morgan fingerprint density at radius 1 is 1.50 bits per heavy atom. The molecule has 1 aromatic carbocycles. The summed E-state index contributed by atoms with van der Waals surface area (Å²) in [5, 5.41) is 8.40. The van der Waals surface area contributed by atoms with Crippen LogP contribution in [-0.2, 0) is 0 Å². The normalized spacial score (nSPS) is 9.50. The number of benzene rings is 1. The van der Waals surface area contributed by atoms with E-state index in [-0.39, 0.29) is 15.7 Å². The Balaban J connectivity index is 3.54. The number of nitrogens with two attached hydrogens (primary N) is 1. The predicted octanol–water partition coefficient (Wildman–Crippen LogP) is 2.18. The van der Waals surface area contributed by atoms with E-state index in [1.165, 1.54) is 6.07 Å². The molecule has 0 aliphatic heterocycles. The van der Waals surface area contributed by atoms with Crippen LogP contribution in [0.3, 0.4) is 0 Å². The lowest BCUT2D eigenvalue weighted by Crippen LogP contribution is -1.97. The number of hydrogen-bond acceptors (Lipinski definition) is 2. The van der Waals surface area contributed by atoms with Crippen LogP contribution in [0.5, 0.6) is 0 Å². The first kappa shape index (κ1) is 8.94. The standard InChI is InChI=1S/C7H3BrF2N2/c8-6-4(9)1-5(12)3(2-11)7(6)10/h1H,12H2. The second-order valence-corrected chi connectivity index (χ2v) is 2.86. The molecular formula is C7H3BrF2N2. The van der Waals surface area contributed by atoms with Gasteiger partial charge in [0.1, 0.15) is 17.4 Å². The Hall–Kier alpha value is -1.15. The number of rotatable bonds is 0. The third kappa shape index (κ3) is 1.25. The summed E-state index contributed by atoms with van der Waals surface area (Å²) >= 11 is 2.65. The molecule has 0 saturated heterocycles. The van der Waals surface area contributed by atoms with Gasteiger partial charge in [0, 0.05) is 0 Å². The molecule has 0 saturated carbocycles. The number of anilines is 1. The first-order valence-electron chi connectivity index (χ1n) is 2.91. The summed E-state index contributed by atoms with van der Waals surface area (Å²) < 4.78 is 25.2. The van der Waals surface area contributed by atoms with E-state index in [9.17, 15) is 8.78 Å². The lowest BCUT2D eigenvalue weighted by atomic mass is 10.2. The summed E-state index contributed by atoms with van der Waals surface area (Å²) in [4.78, 5) is 0. The fraction of sp³-hybridized carbons (Fsp3) is 0. The van der Waals surface area contributed by atoms with E-state index < -0.39 is 11.6 Å². The van der Waals surface area contributed by atoms with Gasteiger partial charge in [-0.05, 0) is 22.0 Å². The second kappa shape index (κ2) is 3.07. The van der Waals surface area contributed by atoms with E-state index in [1.54, 1.807) is 0 Å². The van der Waals surface area contributed by atoms with E-state index >= 15 is 0 Å². The van der Waals surface area contributed by atoms with Crippen LogP contribution in [0.15, 0.2) is 10.5 Å². The summed E-state index contributed by atoms with van der Waals surface area (Å²) in [6, 6.07) is 2.43. The van der Waals surface area contributed by atoms with Gasteiger partial charge in [-0.3, -0.25) is 0 Å². The van der Waals surface area contributed by atoms with Gasteiger partial charge >= 0.3 is 0 Å². The molecule has 1 aromatic rings. The molecule has 5 heteroatoms. The van der Waals surface area contributed by atoms with Gasteiger partial charge < -0.3 is 5.73 Å². The van der Waals surface area contributed by atoms with Crippen molar-refractivity contribution in [2.45, 2.75) is 0 Å². The van der Waals surface area contributed by atoms with Crippen molar-refractivity contribution in [3.63, 3.8) is 0 Å². The molecule has 0 radical (unpaired) electrons. The number of halogens is 3. The SMILES string of the molecule is N#Cc1c(N)cc(F)c(Br)c1F. The summed E-state index contributed by atoms with van der Waals surface area (Å²) in [6.45, 7) is 0. The van der Waals surface area contributed by atoms with Gasteiger partial charge in [-0.2, -0.15) is 5.26 Å². The maximum Gasteiger partial charge on any atom is 0.160 e. The zero-order valence-corrected chi connectivity index (χ0v) is 7.32. The molecule has 2 nitrogen and oxygen atoms in total. The summed E-state index contributed by atoms with van der Waals surface area (Å²) in [5.41, 5.74) is 4.64. The molecular weight excluding hydrogens is 230 g/mol. The summed E-state index contributed by atoms with van der Waals surface area (Å²) in [7, 11) is 0. The van der Waals surface area contributed by atoms with Crippen LogP contribution in [0.4, 0.5) is 14.5 Å². The van der Waals surface area contributed by atoms with Gasteiger partial charge in [-0.15, -0.1) is 0 Å². The van der Waals surface area contributed by atoms with Crippen molar-refractivity contribution in [1.82, 2.24) is 0 Å². The number of nitrogen functional groups attached to an aromatic ring is 1. The molecule has 1 rings (SSSR count). The van der Waals surface area contributed by atoms with Crippen LogP contribution in [0.1, 0.15) is 5.56 Å². The summed E-state index contributed by atoms with van der Waals surface area (Å²) in [6.07, 6.45) is 0. The third-order valence-electron chi connectivity index (χ3n) is 1.30. The van der Waals surface area contributed by atoms with Crippen LogP contribution in [-0.4, -0.2) is 0 Å². The van der Waals surface area contributed by atoms with E-state index in [4.69, 9.17) is 11.0 Å². The van der Waals surface area contributed by atoms with Crippen LogP contribution < -0.4 is 5.73 Å². The van der Waals surface area contributed by atoms with Crippen LogP contribution >= 0.6 is 15.9 Å². The van der Waals surface area contributed by atoms with E-state index in [1.807, 2.05) is 0 Å². The zero-order valence-electron chi connectivity index (χ0n) is 5.74. The van der Waals surface area contributed by atoms with Gasteiger partial charge in [0.15, 0.2) is 5.82 Å². The molecule has 2 N–H and O–H groups in total. The van der Waals surface area contributed by atoms with Crippen LogP contribution in [0.25, 0.3) is 0 Å². The zero-order chi connectivity index (χ0) is 9.30. The lowest BCUT2D eigenvalue weighted by molar-refractivity contribution is 0.570. The van der Waals surface area contributed by atoms with Gasteiger partial charge in [-0.25, -0.2) is 8.78 Å². The molecule has 62 valence electrons. The quantitative estimate of drug-likeness (QED) is 0.551. The molecule has 0 heterocycles. The van der Waals surface area contributed by atoms with Crippen LogP contribution in [0, 0.1) is 23.0 Å². The highest BCUT2D eigenvalue weighted by Crippen LogP contribution is 2.26. The summed E-state index contributed by atoms with van der Waals surface area (Å²) in [5.74, 6) is -1.78. The van der Waals surface area contributed by atoms with E-state index in [2.05, 4.69) is 15.9 Å². The molecule has 12 heavy (non-hydrogen) atoms. The minimum absolute atomic E-state index is 0.198. The maximum atomic E-state index is 12.9. The number of nitrogens with zero attached hydrogens (tertiary/aromatic N) is 1. The Bertz CT molecular complexity index is 371. The fourth-order valence-corrected chi connectivity index (χ4v) is 1.04. The second-order valence-electron chi connectivity index (χ2n) is 2.06. The molecule has 0 fully saturated rings.